The molecule has 1 heterocycles. The number of halogens is 1. The Morgan fingerprint density at radius 2 is 1.82 bits per heavy atom. The fourth-order valence-electron chi connectivity index (χ4n) is 2.19. The third-order valence-electron chi connectivity index (χ3n) is 3.55. The summed E-state index contributed by atoms with van der Waals surface area (Å²) in [7, 11) is 1.67. The first kappa shape index (κ1) is 17.1. The van der Waals surface area contributed by atoms with Crippen molar-refractivity contribution in [2.24, 2.45) is 5.41 Å². The van der Waals surface area contributed by atoms with Crippen LogP contribution in [0.5, 0.6) is 5.75 Å². The third kappa shape index (κ3) is 4.14. The van der Waals surface area contributed by atoms with Crippen LogP contribution < -0.4 is 9.64 Å². The second-order valence-electron chi connectivity index (χ2n) is 6.36. The van der Waals surface area contributed by atoms with Crippen molar-refractivity contribution in [3.8, 4) is 5.75 Å². The number of methoxy groups -OCH3 is 1. The second-order valence-corrected chi connectivity index (χ2v) is 7.28. The van der Waals surface area contributed by atoms with E-state index in [1.165, 1.54) is 0 Å². The molecule has 1 aliphatic heterocycles. The largest absolute Gasteiger partial charge is 0.495 e. The van der Waals surface area contributed by atoms with Gasteiger partial charge in [-0.1, -0.05) is 15.9 Å². The first-order chi connectivity index (χ1) is 10.3. The molecule has 0 amide bonds. The van der Waals surface area contributed by atoms with E-state index in [0.29, 0.717) is 13.1 Å². The molecular weight excluding hydrogens is 348 g/mol. The summed E-state index contributed by atoms with van der Waals surface area (Å²) in [5.74, 6) is 0.650. The van der Waals surface area contributed by atoms with Gasteiger partial charge in [-0.05, 0) is 39.0 Å². The van der Waals surface area contributed by atoms with Crippen molar-refractivity contribution < 1.29 is 14.4 Å². The summed E-state index contributed by atoms with van der Waals surface area (Å²) < 4.78 is 6.44. The van der Waals surface area contributed by atoms with Gasteiger partial charge in [0.1, 0.15) is 5.75 Å². The molecule has 6 heteroatoms. The molecule has 122 valence electrons. The van der Waals surface area contributed by atoms with Crippen LogP contribution in [-0.2, 0) is 9.63 Å². The Balaban J connectivity index is 1.96. The number of hydrogen-bond donors (Lipinski definition) is 0. The van der Waals surface area contributed by atoms with Crippen LogP contribution in [0.4, 0.5) is 5.69 Å². The van der Waals surface area contributed by atoms with Gasteiger partial charge >= 0.3 is 5.97 Å². The molecule has 1 aromatic rings. The summed E-state index contributed by atoms with van der Waals surface area (Å²) in [6.07, 6.45) is 0. The number of piperazine rings is 1. The molecule has 0 bridgehead atoms. The quantitative estimate of drug-likeness (QED) is 0.817. The number of ether oxygens (including phenoxy) is 1. The van der Waals surface area contributed by atoms with Crippen LogP contribution in [0.15, 0.2) is 22.7 Å². The number of benzene rings is 1. The van der Waals surface area contributed by atoms with Gasteiger partial charge in [-0.3, -0.25) is 0 Å². The van der Waals surface area contributed by atoms with Crippen molar-refractivity contribution in [3.63, 3.8) is 0 Å². The van der Waals surface area contributed by atoms with Crippen molar-refractivity contribution in [1.29, 1.82) is 0 Å². The summed E-state index contributed by atoms with van der Waals surface area (Å²) in [5, 5.41) is 1.75. The van der Waals surface area contributed by atoms with E-state index in [2.05, 4.69) is 20.8 Å². The Kier molecular flexibility index (Phi) is 5.34. The molecule has 0 saturated carbocycles. The van der Waals surface area contributed by atoms with E-state index >= 15 is 0 Å². The Hall–Kier alpha value is -1.27. The molecule has 0 aromatic heterocycles. The minimum atomic E-state index is -0.480. The minimum Gasteiger partial charge on any atom is -0.495 e. The Labute approximate surface area is 140 Å². The number of hydrogen-bond acceptors (Lipinski definition) is 5. The van der Waals surface area contributed by atoms with Crippen molar-refractivity contribution in [2.75, 3.05) is 38.2 Å². The number of nitrogens with zero attached hydrogens (tertiary/aromatic N) is 2. The van der Waals surface area contributed by atoms with Crippen molar-refractivity contribution in [3.05, 3.63) is 22.7 Å². The highest BCUT2D eigenvalue weighted by Gasteiger charge is 2.28. The number of carbonyl (C=O) groups excluding carboxylic acids is 1. The molecule has 1 fully saturated rings. The lowest BCUT2D eigenvalue weighted by molar-refractivity contribution is -0.201. The van der Waals surface area contributed by atoms with E-state index in [4.69, 9.17) is 9.57 Å². The average Bonchev–Trinajstić information content (AvgIpc) is 2.47. The van der Waals surface area contributed by atoms with Crippen LogP contribution >= 0.6 is 15.9 Å². The van der Waals surface area contributed by atoms with Gasteiger partial charge < -0.3 is 14.5 Å². The summed E-state index contributed by atoms with van der Waals surface area (Å²) >= 11 is 3.45. The molecule has 0 unspecified atom stereocenters. The smallest absolute Gasteiger partial charge is 0.330 e. The van der Waals surface area contributed by atoms with Gasteiger partial charge in [0, 0.05) is 17.6 Å². The standard InChI is InChI=1S/C16H23BrN2O3/c1-16(2,3)15(20)22-19-9-7-18(8-10-19)13-6-5-12(17)11-14(13)21-4/h5-6,11H,7-10H2,1-4H3. The van der Waals surface area contributed by atoms with E-state index < -0.39 is 5.41 Å². The molecule has 1 aliphatic rings. The first-order valence-electron chi connectivity index (χ1n) is 7.37. The average molecular weight is 371 g/mol. The van der Waals surface area contributed by atoms with Crippen molar-refractivity contribution in [1.82, 2.24) is 5.06 Å². The lowest BCUT2D eigenvalue weighted by Gasteiger charge is -2.36. The van der Waals surface area contributed by atoms with Gasteiger partial charge in [-0.15, -0.1) is 5.06 Å². The van der Waals surface area contributed by atoms with Gasteiger partial charge in [0.2, 0.25) is 0 Å². The minimum absolute atomic E-state index is 0.192. The van der Waals surface area contributed by atoms with Crippen LogP contribution in [0.3, 0.4) is 0 Å². The molecule has 1 saturated heterocycles. The lowest BCUT2D eigenvalue weighted by atomic mass is 9.98. The first-order valence-corrected chi connectivity index (χ1v) is 8.16. The van der Waals surface area contributed by atoms with E-state index in [1.54, 1.807) is 12.2 Å². The van der Waals surface area contributed by atoms with Crippen LogP contribution in [0.1, 0.15) is 20.8 Å². The van der Waals surface area contributed by atoms with Gasteiger partial charge in [0.25, 0.3) is 0 Å². The van der Waals surface area contributed by atoms with Gasteiger partial charge in [0.15, 0.2) is 0 Å². The monoisotopic (exact) mass is 370 g/mol. The lowest BCUT2D eigenvalue weighted by Crippen LogP contribution is -2.48. The molecule has 2 rings (SSSR count). The number of hydroxylamine groups is 2. The zero-order chi connectivity index (χ0) is 16.3. The zero-order valence-electron chi connectivity index (χ0n) is 13.6. The highest BCUT2D eigenvalue weighted by molar-refractivity contribution is 9.10. The Morgan fingerprint density at radius 1 is 1.18 bits per heavy atom. The SMILES string of the molecule is COc1cc(Br)ccc1N1CCN(OC(=O)C(C)(C)C)CC1. The molecule has 0 radical (unpaired) electrons. The van der Waals surface area contributed by atoms with Gasteiger partial charge in [-0.25, -0.2) is 4.79 Å². The van der Waals surface area contributed by atoms with Crippen molar-refractivity contribution in [2.45, 2.75) is 20.8 Å². The fourth-order valence-corrected chi connectivity index (χ4v) is 2.53. The molecule has 0 atom stereocenters. The van der Waals surface area contributed by atoms with Gasteiger partial charge in [-0.2, -0.15) is 0 Å². The maximum atomic E-state index is 11.9. The van der Waals surface area contributed by atoms with Crippen LogP contribution in [0.25, 0.3) is 0 Å². The second kappa shape index (κ2) is 6.87. The normalized spacial score (nSPS) is 16.5. The van der Waals surface area contributed by atoms with Crippen LogP contribution in [0.2, 0.25) is 0 Å². The zero-order valence-corrected chi connectivity index (χ0v) is 15.1. The highest BCUT2D eigenvalue weighted by Crippen LogP contribution is 2.32. The molecular formula is C16H23BrN2O3. The summed E-state index contributed by atoms with van der Waals surface area (Å²) in [5.41, 5.74) is 0.582. The highest BCUT2D eigenvalue weighted by atomic mass is 79.9. The van der Waals surface area contributed by atoms with Crippen LogP contribution in [0, 0.1) is 5.41 Å². The molecule has 0 N–H and O–H groups in total. The predicted molar refractivity (Wildman–Crippen MR) is 90.0 cm³/mol. The maximum absolute atomic E-state index is 11.9. The van der Waals surface area contributed by atoms with Crippen LogP contribution in [-0.4, -0.2) is 44.3 Å². The summed E-state index contributed by atoms with van der Waals surface area (Å²) in [6.45, 7) is 8.52. The number of rotatable bonds is 3. The van der Waals surface area contributed by atoms with Crippen molar-refractivity contribution >= 4 is 27.6 Å². The predicted octanol–water partition coefficient (Wildman–Crippen LogP) is 3.08. The number of anilines is 1. The van der Waals surface area contributed by atoms with E-state index in [1.807, 2.05) is 39.0 Å². The summed E-state index contributed by atoms with van der Waals surface area (Å²) in [6, 6.07) is 6.00. The molecule has 1 aromatic carbocycles. The summed E-state index contributed by atoms with van der Waals surface area (Å²) in [4.78, 5) is 19.6. The third-order valence-corrected chi connectivity index (χ3v) is 4.04. The van der Waals surface area contributed by atoms with E-state index in [0.717, 1.165) is 29.0 Å². The maximum Gasteiger partial charge on any atom is 0.330 e. The fraction of sp³-hybridized carbons (Fsp3) is 0.562. The molecule has 0 spiro atoms. The van der Waals surface area contributed by atoms with Gasteiger partial charge in [0.05, 0.1) is 31.3 Å². The molecule has 0 aliphatic carbocycles. The number of carbonyl (C=O) groups is 1. The molecule has 22 heavy (non-hydrogen) atoms. The Morgan fingerprint density at radius 3 is 2.36 bits per heavy atom. The van der Waals surface area contributed by atoms with E-state index in [-0.39, 0.29) is 5.97 Å². The molecule has 5 nitrogen and oxygen atoms in total. The topological polar surface area (TPSA) is 42.0 Å². The Bertz CT molecular complexity index is 535. The van der Waals surface area contributed by atoms with E-state index in [9.17, 15) is 4.79 Å².